The summed E-state index contributed by atoms with van der Waals surface area (Å²) in [6, 6.07) is 21.7. The lowest BCUT2D eigenvalue weighted by atomic mass is 10.0. The number of aromatic nitrogens is 1. The van der Waals surface area contributed by atoms with Crippen molar-refractivity contribution in [1.82, 2.24) is 14.8 Å². The number of nitrogens with zero attached hydrogens (tertiary/aromatic N) is 3. The highest BCUT2D eigenvalue weighted by Gasteiger charge is 2.29. The number of anilines is 2. The number of carbonyl (C=O) groups excluding carboxylic acids is 1. The van der Waals surface area contributed by atoms with E-state index >= 15 is 4.39 Å². The van der Waals surface area contributed by atoms with Gasteiger partial charge < -0.3 is 29.7 Å². The Morgan fingerprint density at radius 2 is 1.71 bits per heavy atom. The molecular weight excluding hydrogens is 605 g/mol. The van der Waals surface area contributed by atoms with Crippen LogP contribution in [0.3, 0.4) is 0 Å². The van der Waals surface area contributed by atoms with Crippen LogP contribution in [0.25, 0.3) is 27.4 Å². The molecule has 0 bridgehead atoms. The summed E-state index contributed by atoms with van der Waals surface area (Å²) in [5, 5.41) is 8.35. The van der Waals surface area contributed by atoms with Gasteiger partial charge in [0.15, 0.2) is 17.3 Å². The van der Waals surface area contributed by atoms with Crippen LogP contribution >= 0.6 is 0 Å². The number of carbonyl (C=O) groups is 1. The Morgan fingerprint density at radius 3 is 2.50 bits per heavy atom. The van der Waals surface area contributed by atoms with Gasteiger partial charge in [-0.25, -0.2) is 4.39 Å². The van der Waals surface area contributed by atoms with Gasteiger partial charge in [0.05, 0.1) is 11.1 Å². The van der Waals surface area contributed by atoms with E-state index < -0.39 is 17.2 Å². The van der Waals surface area contributed by atoms with Crippen molar-refractivity contribution in [1.29, 1.82) is 0 Å². The van der Waals surface area contributed by atoms with Crippen molar-refractivity contribution in [2.24, 2.45) is 0 Å². The third-order valence-corrected chi connectivity index (χ3v) is 10.3. The van der Waals surface area contributed by atoms with Gasteiger partial charge in [0.2, 0.25) is 5.43 Å². The van der Waals surface area contributed by atoms with Crippen LogP contribution in [-0.2, 0) is 6.54 Å². The van der Waals surface area contributed by atoms with Gasteiger partial charge in [-0.3, -0.25) is 9.59 Å². The monoisotopic (exact) mass is 645 g/mol. The van der Waals surface area contributed by atoms with Crippen molar-refractivity contribution in [2.75, 3.05) is 43.4 Å². The second-order valence-electron chi connectivity index (χ2n) is 13.3. The number of rotatable bonds is 8. The zero-order valence-corrected chi connectivity index (χ0v) is 27.2. The minimum atomic E-state index is -0.609. The van der Waals surface area contributed by atoms with Crippen molar-refractivity contribution in [3.63, 3.8) is 0 Å². The number of hydrogen-bond acceptors (Lipinski definition) is 6. The number of nitrogens with one attached hydrogen (secondary N) is 2. The van der Waals surface area contributed by atoms with Crippen molar-refractivity contribution in [2.45, 2.75) is 51.1 Å². The summed E-state index contributed by atoms with van der Waals surface area (Å²) in [5.41, 5.74) is 2.95. The van der Waals surface area contributed by atoms with Crippen molar-refractivity contribution in [3.8, 4) is 17.2 Å². The number of hydrogen-bond donors (Lipinski definition) is 2. The van der Waals surface area contributed by atoms with E-state index in [1.54, 1.807) is 6.20 Å². The lowest BCUT2D eigenvalue weighted by Gasteiger charge is -2.31. The number of benzene rings is 4. The number of para-hydroxylation sites is 1. The quantitative estimate of drug-likeness (QED) is 0.182. The minimum absolute atomic E-state index is 0.0233. The molecule has 5 aromatic rings. The maximum Gasteiger partial charge on any atom is 0.256 e. The van der Waals surface area contributed by atoms with Crippen LogP contribution in [0.5, 0.6) is 11.5 Å². The minimum Gasteiger partial charge on any atom is -0.451 e. The smallest absolute Gasteiger partial charge is 0.256 e. The number of fused-ring (bicyclic) bond motifs is 3. The number of likely N-dealkylation sites (tertiary alicyclic amines) is 1. The highest BCUT2D eigenvalue weighted by molar-refractivity contribution is 6.02. The van der Waals surface area contributed by atoms with Gasteiger partial charge in [-0.1, -0.05) is 42.5 Å². The van der Waals surface area contributed by atoms with Gasteiger partial charge in [-0.2, -0.15) is 0 Å². The molecule has 48 heavy (non-hydrogen) atoms. The van der Waals surface area contributed by atoms with Crippen LogP contribution in [0.15, 0.2) is 77.7 Å². The van der Waals surface area contributed by atoms with Crippen LogP contribution in [0.2, 0.25) is 0 Å². The summed E-state index contributed by atoms with van der Waals surface area (Å²) in [4.78, 5) is 32.2. The molecule has 1 unspecified atom stereocenters. The predicted molar refractivity (Wildman–Crippen MR) is 190 cm³/mol. The zero-order chi connectivity index (χ0) is 32.8. The molecule has 0 saturated carbocycles. The van der Waals surface area contributed by atoms with E-state index in [1.165, 1.54) is 12.5 Å². The first-order chi connectivity index (χ1) is 23.5. The Morgan fingerprint density at radius 1 is 0.938 bits per heavy atom. The van der Waals surface area contributed by atoms with Crippen molar-refractivity contribution in [3.05, 3.63) is 100 Å². The first-order valence-electron chi connectivity index (χ1n) is 17.1. The maximum atomic E-state index is 16.2. The number of amides is 1. The van der Waals surface area contributed by atoms with Gasteiger partial charge in [-0.05, 0) is 92.7 Å². The van der Waals surface area contributed by atoms with Crippen LogP contribution in [0.1, 0.15) is 54.4 Å². The average Bonchev–Trinajstić information content (AvgIpc) is 3.52. The Hall–Kier alpha value is -4.89. The molecule has 8 nitrogen and oxygen atoms in total. The van der Waals surface area contributed by atoms with E-state index in [-0.39, 0.29) is 22.4 Å². The van der Waals surface area contributed by atoms with E-state index in [4.69, 9.17) is 4.74 Å². The first kappa shape index (κ1) is 30.4. The number of pyridine rings is 1. The van der Waals surface area contributed by atoms with E-state index in [1.807, 2.05) is 53.1 Å². The molecule has 0 radical (unpaired) electrons. The maximum absolute atomic E-state index is 16.2. The highest BCUT2D eigenvalue weighted by Crippen LogP contribution is 2.46. The largest absolute Gasteiger partial charge is 0.451 e. The molecule has 0 spiro atoms. The standard InChI is InChI=1S/C39H40FN5O3/c1-43-17-9-13-28(43)15-16-41-39(47)30-24-45-33-20-25-10-3-4-11-26(25)21-34(33)48-38-35(31(40)22-29(36(38)45)37(30)46)42-23-27-12-5-6-14-32(27)44-18-7-2-8-19-44/h3-6,10-12,14,20-22,24,28,42H,2,7-9,13,15-19,23H2,1H3,(H,41,47). The molecule has 2 N–H and O–H groups in total. The molecule has 1 amide bonds. The molecule has 2 fully saturated rings. The highest BCUT2D eigenvalue weighted by atomic mass is 19.1. The molecule has 4 heterocycles. The molecule has 2 saturated heterocycles. The van der Waals surface area contributed by atoms with Gasteiger partial charge in [0, 0.05) is 44.1 Å². The van der Waals surface area contributed by atoms with E-state index in [9.17, 15) is 9.59 Å². The summed E-state index contributed by atoms with van der Waals surface area (Å²) >= 11 is 0. The topological polar surface area (TPSA) is 78.8 Å². The number of ether oxygens (including phenoxy) is 1. The van der Waals surface area contributed by atoms with Crippen LogP contribution in [0.4, 0.5) is 15.8 Å². The molecule has 1 atom stereocenters. The molecule has 1 aromatic heterocycles. The average molecular weight is 646 g/mol. The molecular formula is C39H40FN5O3. The predicted octanol–water partition coefficient (Wildman–Crippen LogP) is 7.21. The fraction of sp³-hybridized carbons (Fsp3) is 0.333. The fourth-order valence-corrected chi connectivity index (χ4v) is 7.71. The second-order valence-corrected chi connectivity index (χ2v) is 13.3. The summed E-state index contributed by atoms with van der Waals surface area (Å²) in [6.07, 6.45) is 8.19. The van der Waals surface area contributed by atoms with E-state index in [2.05, 4.69) is 39.6 Å². The van der Waals surface area contributed by atoms with Crippen LogP contribution in [0, 0.1) is 5.82 Å². The molecule has 8 rings (SSSR count). The normalized spacial score (nSPS) is 17.4. The van der Waals surface area contributed by atoms with Crippen LogP contribution < -0.4 is 25.7 Å². The Balaban J connectivity index is 1.20. The summed E-state index contributed by atoms with van der Waals surface area (Å²) in [6.45, 7) is 3.88. The lowest BCUT2D eigenvalue weighted by Crippen LogP contribution is -2.34. The second kappa shape index (κ2) is 12.6. The first-order valence-corrected chi connectivity index (χ1v) is 17.1. The SMILES string of the molecule is CN1CCCC1CCNC(=O)c1cn2c3c(c(NCc4ccccc4N4CCCCC4)c(F)cc3c1=O)Oc1cc3ccccc3cc1-2. The Labute approximate surface area is 279 Å². The third-order valence-electron chi connectivity index (χ3n) is 10.3. The van der Waals surface area contributed by atoms with Gasteiger partial charge in [0.1, 0.15) is 16.8 Å². The molecule has 3 aliphatic heterocycles. The number of piperidine rings is 1. The molecule has 4 aromatic carbocycles. The molecule has 246 valence electrons. The van der Waals surface area contributed by atoms with Gasteiger partial charge >= 0.3 is 0 Å². The lowest BCUT2D eigenvalue weighted by molar-refractivity contribution is 0.0949. The van der Waals surface area contributed by atoms with E-state index in [0.29, 0.717) is 36.1 Å². The summed E-state index contributed by atoms with van der Waals surface area (Å²) in [7, 11) is 2.10. The number of halogens is 1. The molecule has 3 aliphatic rings. The summed E-state index contributed by atoms with van der Waals surface area (Å²) in [5.74, 6) is -0.318. The van der Waals surface area contributed by atoms with Gasteiger partial charge in [-0.15, -0.1) is 0 Å². The fourth-order valence-electron chi connectivity index (χ4n) is 7.71. The van der Waals surface area contributed by atoms with Crippen molar-refractivity contribution >= 4 is 39.0 Å². The molecule has 0 aliphatic carbocycles. The summed E-state index contributed by atoms with van der Waals surface area (Å²) < 4.78 is 24.6. The Kier molecular flexibility index (Phi) is 8.00. The Bertz CT molecular complexity index is 2100. The zero-order valence-electron chi connectivity index (χ0n) is 27.2. The van der Waals surface area contributed by atoms with Crippen LogP contribution in [-0.4, -0.2) is 54.6 Å². The molecule has 9 heteroatoms. The van der Waals surface area contributed by atoms with Gasteiger partial charge in [0.25, 0.3) is 5.91 Å². The van der Waals surface area contributed by atoms with Crippen molar-refractivity contribution < 1.29 is 13.9 Å². The third kappa shape index (κ3) is 5.46. The van der Waals surface area contributed by atoms with E-state index in [0.717, 1.165) is 73.8 Å².